The van der Waals surface area contributed by atoms with E-state index < -0.39 is 20.7 Å². The van der Waals surface area contributed by atoms with Crippen LogP contribution in [-0.2, 0) is 24.4 Å². The Morgan fingerprint density at radius 3 is 2.24 bits per heavy atom. The highest BCUT2D eigenvalue weighted by Crippen LogP contribution is 2.23. The van der Waals surface area contributed by atoms with Crippen molar-refractivity contribution in [2.45, 2.75) is 18.9 Å². The first-order valence-corrected chi connectivity index (χ1v) is 8.53. The Balaban J connectivity index is 2.01. The van der Waals surface area contributed by atoms with Crippen molar-refractivity contribution in [3.8, 4) is 0 Å². The van der Waals surface area contributed by atoms with Gasteiger partial charge in [0.25, 0.3) is 0 Å². The summed E-state index contributed by atoms with van der Waals surface area (Å²) in [6, 6.07) is 5.84. The Kier molecular flexibility index (Phi) is 4.89. The molecule has 0 aliphatic carbocycles. The molecule has 0 spiro atoms. The van der Waals surface area contributed by atoms with E-state index in [4.69, 9.17) is 13.3 Å². The number of hydrogen-bond acceptors (Lipinski definition) is 6. The van der Waals surface area contributed by atoms with E-state index in [2.05, 4.69) is 4.74 Å². The van der Waals surface area contributed by atoms with Gasteiger partial charge in [-0.25, -0.2) is 9.59 Å². The monoisotopic (exact) mass is 310 g/mol. The summed E-state index contributed by atoms with van der Waals surface area (Å²) in [5.74, 6) is -1.16. The summed E-state index contributed by atoms with van der Waals surface area (Å²) in [6.07, 6.45) is 1.53. The minimum atomic E-state index is -2.56. The second-order valence-corrected chi connectivity index (χ2v) is 7.80. The molecule has 7 heteroatoms. The van der Waals surface area contributed by atoms with Crippen LogP contribution in [0.25, 0.3) is 0 Å². The molecule has 0 N–H and O–H groups in total. The Morgan fingerprint density at radius 1 is 1.00 bits per heavy atom. The number of ether oxygens (including phenoxy) is 1. The molecule has 1 aliphatic rings. The number of hydrogen-bond donors (Lipinski definition) is 0. The summed E-state index contributed by atoms with van der Waals surface area (Å²) >= 11 is 0. The number of cyclic esters (lactones) is 2. The second kappa shape index (κ2) is 6.48. The van der Waals surface area contributed by atoms with Gasteiger partial charge in [0, 0.05) is 27.4 Å². The zero-order valence-corrected chi connectivity index (χ0v) is 13.3. The molecule has 1 aromatic carbocycles. The van der Waals surface area contributed by atoms with Crippen LogP contribution in [0, 0.1) is 0 Å². The molecule has 0 aromatic heterocycles. The molecule has 21 heavy (non-hydrogen) atoms. The molecule has 6 nitrogen and oxygen atoms in total. The average molecular weight is 310 g/mol. The third-order valence-corrected chi connectivity index (χ3v) is 6.42. The summed E-state index contributed by atoms with van der Waals surface area (Å²) in [5, 5.41) is 0. The lowest BCUT2D eigenvalue weighted by molar-refractivity contribution is 0.0443. The van der Waals surface area contributed by atoms with Crippen molar-refractivity contribution >= 4 is 20.7 Å². The summed E-state index contributed by atoms with van der Waals surface area (Å²) in [6.45, 7) is 0. The molecule has 0 saturated heterocycles. The average Bonchev–Trinajstić information content (AvgIpc) is 2.79. The van der Waals surface area contributed by atoms with Crippen LogP contribution in [0.15, 0.2) is 18.2 Å². The van der Waals surface area contributed by atoms with Gasteiger partial charge in [-0.05, 0) is 30.5 Å². The summed E-state index contributed by atoms with van der Waals surface area (Å²) in [4.78, 5) is 22.9. The number of fused-ring (bicyclic) bond motifs is 1. The van der Waals surface area contributed by atoms with Crippen molar-refractivity contribution in [2.24, 2.45) is 0 Å². The minimum absolute atomic E-state index is 0.332. The third kappa shape index (κ3) is 3.21. The van der Waals surface area contributed by atoms with E-state index in [1.807, 2.05) is 6.07 Å². The third-order valence-electron chi connectivity index (χ3n) is 3.59. The van der Waals surface area contributed by atoms with E-state index >= 15 is 0 Å². The number of carbonyl (C=O) groups excluding carboxylic acids is 2. The molecule has 0 atom stereocenters. The highest BCUT2D eigenvalue weighted by molar-refractivity contribution is 6.60. The number of aryl methyl sites for hydroxylation is 1. The van der Waals surface area contributed by atoms with E-state index in [0.29, 0.717) is 17.2 Å². The first-order chi connectivity index (χ1) is 10.0. The molecule has 0 unspecified atom stereocenters. The van der Waals surface area contributed by atoms with Crippen molar-refractivity contribution in [1.29, 1.82) is 0 Å². The quantitative estimate of drug-likeness (QED) is 0.434. The molecule has 0 saturated carbocycles. The number of carbonyl (C=O) groups is 2. The topological polar surface area (TPSA) is 71.1 Å². The van der Waals surface area contributed by atoms with Crippen LogP contribution < -0.4 is 0 Å². The molecule has 0 amide bonds. The molecule has 0 fully saturated rings. The zero-order chi connectivity index (χ0) is 15.5. The Bertz CT molecular complexity index is 544. The van der Waals surface area contributed by atoms with Crippen LogP contribution in [0.2, 0.25) is 6.04 Å². The lowest BCUT2D eigenvalue weighted by Crippen LogP contribution is -2.42. The number of rotatable bonds is 7. The van der Waals surface area contributed by atoms with E-state index in [1.54, 1.807) is 33.5 Å². The van der Waals surface area contributed by atoms with Gasteiger partial charge in [0.1, 0.15) is 0 Å². The number of benzene rings is 1. The minimum Gasteiger partial charge on any atom is -0.386 e. The fourth-order valence-electron chi connectivity index (χ4n) is 2.35. The molecule has 2 rings (SSSR count). The molecule has 1 aromatic rings. The summed E-state index contributed by atoms with van der Waals surface area (Å²) < 4.78 is 20.6. The Labute approximate surface area is 124 Å². The van der Waals surface area contributed by atoms with Crippen LogP contribution in [0.5, 0.6) is 0 Å². The van der Waals surface area contributed by atoms with Crippen LogP contribution in [0.3, 0.4) is 0 Å². The maximum atomic E-state index is 11.5. The lowest BCUT2D eigenvalue weighted by atomic mass is 10.0. The van der Waals surface area contributed by atoms with E-state index in [-0.39, 0.29) is 0 Å². The first kappa shape index (κ1) is 15.8. The SMILES string of the molecule is CO[Si](CCCc1ccc2c(c1)C(=O)OC2=O)(OC)OC. The van der Waals surface area contributed by atoms with Gasteiger partial charge in [0.2, 0.25) is 0 Å². The van der Waals surface area contributed by atoms with Crippen molar-refractivity contribution < 1.29 is 27.6 Å². The van der Waals surface area contributed by atoms with Crippen LogP contribution >= 0.6 is 0 Å². The highest BCUT2D eigenvalue weighted by Gasteiger charge is 2.37. The van der Waals surface area contributed by atoms with Gasteiger partial charge in [-0.15, -0.1) is 0 Å². The molecule has 114 valence electrons. The standard InChI is InChI=1S/C14H18O6Si/c1-17-21(18-2,19-3)8-4-5-10-6-7-11-12(9-10)14(16)20-13(11)15/h6-7,9H,4-5,8H2,1-3H3. The fourth-order valence-corrected chi connectivity index (χ4v) is 4.08. The molecule has 0 radical (unpaired) electrons. The predicted molar refractivity (Wildman–Crippen MR) is 76.1 cm³/mol. The van der Waals surface area contributed by atoms with Gasteiger partial charge in [-0.3, -0.25) is 0 Å². The second-order valence-electron chi connectivity index (χ2n) is 4.71. The van der Waals surface area contributed by atoms with Crippen LogP contribution in [-0.4, -0.2) is 42.1 Å². The Morgan fingerprint density at radius 2 is 1.62 bits per heavy atom. The largest absolute Gasteiger partial charge is 0.500 e. The van der Waals surface area contributed by atoms with Gasteiger partial charge >= 0.3 is 20.7 Å². The van der Waals surface area contributed by atoms with Gasteiger partial charge in [-0.2, -0.15) is 0 Å². The van der Waals surface area contributed by atoms with Gasteiger partial charge in [0.15, 0.2) is 0 Å². The lowest BCUT2D eigenvalue weighted by Gasteiger charge is -2.24. The normalized spacial score (nSPS) is 14.2. The van der Waals surface area contributed by atoms with Gasteiger partial charge < -0.3 is 18.0 Å². The Hall–Kier alpha value is -1.54. The predicted octanol–water partition coefficient (Wildman–Crippen LogP) is 1.81. The molecule has 1 heterocycles. The molecular weight excluding hydrogens is 292 g/mol. The maximum absolute atomic E-state index is 11.5. The van der Waals surface area contributed by atoms with Gasteiger partial charge in [0.05, 0.1) is 11.1 Å². The van der Waals surface area contributed by atoms with Crippen LogP contribution in [0.4, 0.5) is 0 Å². The maximum Gasteiger partial charge on any atom is 0.500 e. The molecular formula is C14H18O6Si. The van der Waals surface area contributed by atoms with E-state index in [0.717, 1.165) is 18.4 Å². The summed E-state index contributed by atoms with van der Waals surface area (Å²) in [5.41, 5.74) is 1.64. The van der Waals surface area contributed by atoms with Crippen molar-refractivity contribution in [3.63, 3.8) is 0 Å². The van der Waals surface area contributed by atoms with Crippen LogP contribution in [0.1, 0.15) is 32.7 Å². The van der Waals surface area contributed by atoms with Gasteiger partial charge in [-0.1, -0.05) is 6.07 Å². The smallest absolute Gasteiger partial charge is 0.386 e. The zero-order valence-electron chi connectivity index (χ0n) is 12.3. The first-order valence-electron chi connectivity index (χ1n) is 6.60. The van der Waals surface area contributed by atoms with E-state index in [1.165, 1.54) is 0 Å². The molecule has 1 aliphatic heterocycles. The van der Waals surface area contributed by atoms with E-state index in [9.17, 15) is 9.59 Å². The number of esters is 2. The molecule has 0 bridgehead atoms. The fraction of sp³-hybridized carbons (Fsp3) is 0.429. The van der Waals surface area contributed by atoms with Crippen molar-refractivity contribution in [1.82, 2.24) is 0 Å². The van der Waals surface area contributed by atoms with Crippen molar-refractivity contribution in [2.75, 3.05) is 21.3 Å². The summed E-state index contributed by atoms with van der Waals surface area (Å²) in [7, 11) is 2.18. The van der Waals surface area contributed by atoms with Crippen molar-refractivity contribution in [3.05, 3.63) is 34.9 Å². The highest BCUT2D eigenvalue weighted by atomic mass is 28.4.